The van der Waals surface area contributed by atoms with Crippen molar-refractivity contribution < 1.29 is 33.6 Å². The molecule has 1 heterocycles. The Hall–Kier alpha value is -1.65. The number of halogens is 1. The Morgan fingerprint density at radius 2 is 1.50 bits per heavy atom. The molecule has 0 atom stereocenters. The number of benzene rings is 2. The molecule has 0 amide bonds. The first-order valence-electron chi connectivity index (χ1n) is 6.48. The fourth-order valence-corrected chi connectivity index (χ4v) is 3.96. The van der Waals surface area contributed by atoms with Crippen molar-refractivity contribution in [3.63, 3.8) is 0 Å². The zero-order valence-electron chi connectivity index (χ0n) is 12.4. The molecule has 6 nitrogen and oxygen atoms in total. The minimum atomic E-state index is -4.94. The van der Waals surface area contributed by atoms with E-state index in [1.165, 1.54) is 5.56 Å². The molecule has 0 aliphatic carbocycles. The second kappa shape index (κ2) is 8.45. The van der Waals surface area contributed by atoms with E-state index in [1.807, 2.05) is 42.5 Å². The highest BCUT2D eigenvalue weighted by atomic mass is 35.7. The second-order valence-electron chi connectivity index (χ2n) is 4.36. The minimum absolute atomic E-state index is 0.868. The smallest absolute Gasteiger partial charge is 0.348 e. The predicted octanol–water partition coefficient (Wildman–Crippen LogP) is 0.0723. The molecule has 3 rings (SSSR count). The lowest BCUT2D eigenvalue weighted by Crippen LogP contribution is -2.68. The largest absolute Gasteiger partial charge is 0.497 e. The molecule has 0 bridgehead atoms. The molecule has 0 radical (unpaired) electrons. The van der Waals surface area contributed by atoms with Crippen LogP contribution in [0, 0.1) is 10.2 Å². The van der Waals surface area contributed by atoms with Gasteiger partial charge in [0.05, 0.1) is 12.7 Å². The first-order valence-corrected chi connectivity index (χ1v) is 9.87. The lowest BCUT2D eigenvalue weighted by atomic mass is 10.2. The van der Waals surface area contributed by atoms with Crippen molar-refractivity contribution in [2.45, 2.75) is 0 Å². The molecule has 24 heavy (non-hydrogen) atoms. The third-order valence-electron chi connectivity index (χ3n) is 2.76. The molecule has 0 fully saturated rings. The zero-order valence-corrected chi connectivity index (χ0v) is 14.8. The topological polar surface area (TPSA) is 114 Å². The third kappa shape index (κ3) is 6.10. The van der Waals surface area contributed by atoms with Gasteiger partial charge in [0.2, 0.25) is 0 Å². The summed E-state index contributed by atoms with van der Waals surface area (Å²) in [5.41, 5.74) is 2.30. The van der Waals surface area contributed by atoms with Crippen LogP contribution in [0.1, 0.15) is 0 Å². The molecule has 1 aromatic heterocycles. The number of hydrogen-bond donors (Lipinski definition) is 0. The molecule has 0 N–H and O–H groups in total. The van der Waals surface area contributed by atoms with Gasteiger partial charge in [0.15, 0.2) is 15.3 Å². The van der Waals surface area contributed by atoms with Gasteiger partial charge in [0.1, 0.15) is 5.75 Å². The monoisotopic (exact) mass is 385 g/mol. The Bertz CT molecular complexity index is 754. The van der Waals surface area contributed by atoms with E-state index in [1.54, 1.807) is 27.8 Å². The summed E-state index contributed by atoms with van der Waals surface area (Å²) >= 11 is 0. The van der Waals surface area contributed by atoms with E-state index in [0.717, 1.165) is 21.3 Å². The minimum Gasteiger partial charge on any atom is -0.497 e. The lowest BCUT2D eigenvalue weighted by molar-refractivity contribution is -2.00. The highest BCUT2D eigenvalue weighted by Crippen LogP contribution is 2.34. The Kier molecular flexibility index (Phi) is 6.58. The van der Waals surface area contributed by atoms with Crippen LogP contribution >= 0.6 is 20.7 Å². The van der Waals surface area contributed by atoms with Crippen LogP contribution < -0.4 is 23.4 Å². The van der Waals surface area contributed by atoms with Crippen molar-refractivity contribution in [1.82, 2.24) is 4.98 Å². The Labute approximate surface area is 148 Å². The van der Waals surface area contributed by atoms with Gasteiger partial charge in [-0.1, -0.05) is 18.2 Å². The van der Waals surface area contributed by atoms with E-state index < -0.39 is 10.2 Å². The molecule has 3 aromatic rings. The van der Waals surface area contributed by atoms with Crippen LogP contribution in [0.3, 0.4) is 0 Å². The molecular weight excluding hydrogens is 374 g/mol. The van der Waals surface area contributed by atoms with Gasteiger partial charge in [-0.05, 0) is 36.4 Å². The van der Waals surface area contributed by atoms with Gasteiger partial charge in [-0.15, -0.1) is 10.2 Å². The zero-order chi connectivity index (χ0) is 17.6. The van der Waals surface area contributed by atoms with Gasteiger partial charge in [-0.3, -0.25) is 0 Å². The van der Waals surface area contributed by atoms with Crippen LogP contribution in [0.2, 0.25) is 0 Å². The predicted molar refractivity (Wildman–Crippen MR) is 81.8 cm³/mol. The van der Waals surface area contributed by atoms with Gasteiger partial charge in [0.25, 0.3) is 0 Å². The second-order valence-corrected chi connectivity index (χ2v) is 7.22. The standard InChI is InChI=1S/C15H12NOS2.ClHO4/c1-17-13-9-7-12(8-10-13)15-16-14(18-19-15)11-5-3-2-4-6-11;2-1(3,4)5/h2-10H,1H3;(H,2,3,4,5)/q+1;/p-1. The summed E-state index contributed by atoms with van der Waals surface area (Å²) in [6.45, 7) is 0. The molecule has 0 saturated heterocycles. The Balaban J connectivity index is 0.000000368. The van der Waals surface area contributed by atoms with Crippen LogP contribution in [0.5, 0.6) is 5.75 Å². The molecule has 2 aromatic carbocycles. The van der Waals surface area contributed by atoms with Crippen molar-refractivity contribution in [2.75, 3.05) is 7.11 Å². The van der Waals surface area contributed by atoms with Crippen molar-refractivity contribution in [1.29, 1.82) is 0 Å². The van der Waals surface area contributed by atoms with E-state index in [4.69, 9.17) is 28.4 Å². The van der Waals surface area contributed by atoms with Gasteiger partial charge >= 0.3 is 15.3 Å². The van der Waals surface area contributed by atoms with Crippen LogP contribution in [0.15, 0.2) is 54.6 Å². The fourth-order valence-electron chi connectivity index (χ4n) is 1.75. The van der Waals surface area contributed by atoms with Crippen molar-refractivity contribution >= 4 is 20.7 Å². The maximum atomic E-state index is 8.49. The van der Waals surface area contributed by atoms with Gasteiger partial charge < -0.3 is 4.74 Å². The number of nitrogens with zero attached hydrogens (tertiary/aromatic N) is 1. The summed E-state index contributed by atoms with van der Waals surface area (Å²) in [5, 5.41) is 2.11. The quantitative estimate of drug-likeness (QED) is 0.465. The molecule has 0 spiro atoms. The van der Waals surface area contributed by atoms with Crippen LogP contribution in [0.4, 0.5) is 0 Å². The third-order valence-corrected chi connectivity index (χ3v) is 5.01. The molecule has 0 saturated carbocycles. The van der Waals surface area contributed by atoms with E-state index in [0.29, 0.717) is 0 Å². The summed E-state index contributed by atoms with van der Waals surface area (Å²) < 4.78 is 39.1. The first-order chi connectivity index (χ1) is 11.4. The fraction of sp³-hybridized carbons (Fsp3) is 0.0667. The molecule has 126 valence electrons. The molecule has 0 aliphatic rings. The van der Waals surface area contributed by atoms with Crippen molar-refractivity contribution in [3.8, 4) is 26.9 Å². The lowest BCUT2D eigenvalue weighted by Gasteiger charge is -2.17. The van der Waals surface area contributed by atoms with E-state index in [2.05, 4.69) is 12.1 Å². The van der Waals surface area contributed by atoms with Crippen molar-refractivity contribution in [2.24, 2.45) is 0 Å². The Morgan fingerprint density at radius 3 is 2.04 bits per heavy atom. The molecule has 0 aliphatic heterocycles. The van der Waals surface area contributed by atoms with E-state index in [9.17, 15) is 0 Å². The summed E-state index contributed by atoms with van der Waals surface area (Å²) in [5.74, 6) is 0.868. The van der Waals surface area contributed by atoms with E-state index in [-0.39, 0.29) is 0 Å². The van der Waals surface area contributed by atoms with Crippen LogP contribution in [0.25, 0.3) is 21.1 Å². The van der Waals surface area contributed by atoms with Gasteiger partial charge in [0, 0.05) is 5.56 Å². The SMILES string of the molecule is COc1ccc(-c2nc(-c3ccccc3)[s+]s2)cc1.[O-][Cl+3]([O-])([O-])[O-]. The molecular formula is C15H12ClNO5S2. The molecule has 9 heteroatoms. The van der Waals surface area contributed by atoms with Gasteiger partial charge in [-0.25, -0.2) is 18.6 Å². The average Bonchev–Trinajstić information content (AvgIpc) is 3.04. The number of methoxy groups -OCH3 is 1. The van der Waals surface area contributed by atoms with Crippen LogP contribution in [-0.2, 0) is 0 Å². The Morgan fingerprint density at radius 1 is 0.917 bits per heavy atom. The number of rotatable bonds is 3. The van der Waals surface area contributed by atoms with E-state index >= 15 is 0 Å². The summed E-state index contributed by atoms with van der Waals surface area (Å²) in [6, 6.07) is 18.3. The number of hydrogen-bond acceptors (Lipinski definition) is 7. The summed E-state index contributed by atoms with van der Waals surface area (Å²) in [4.78, 5) is 4.70. The highest BCUT2D eigenvalue weighted by molar-refractivity contribution is 7.71. The maximum absolute atomic E-state index is 8.49. The first kappa shape index (κ1) is 18.7. The highest BCUT2D eigenvalue weighted by Gasteiger charge is 2.18. The number of ether oxygens (including phenoxy) is 1. The normalized spacial score (nSPS) is 10.7. The average molecular weight is 386 g/mol. The summed E-state index contributed by atoms with van der Waals surface area (Å²) in [6.07, 6.45) is 0. The summed E-state index contributed by atoms with van der Waals surface area (Å²) in [7, 11) is 0.138. The maximum Gasteiger partial charge on any atom is 0.348 e. The van der Waals surface area contributed by atoms with Crippen LogP contribution in [-0.4, -0.2) is 12.1 Å². The molecule has 0 unspecified atom stereocenters. The van der Waals surface area contributed by atoms with Gasteiger partial charge in [-0.2, -0.15) is 4.98 Å². The number of aromatic nitrogens is 1. The van der Waals surface area contributed by atoms with Crippen molar-refractivity contribution in [3.05, 3.63) is 54.6 Å².